The van der Waals surface area contributed by atoms with Crippen molar-refractivity contribution in [1.82, 2.24) is 5.32 Å². The van der Waals surface area contributed by atoms with Gasteiger partial charge >= 0.3 is 0 Å². The molecule has 0 aromatic heterocycles. The van der Waals surface area contributed by atoms with Crippen LogP contribution in [0.1, 0.15) is 33.4 Å². The Kier molecular flexibility index (Phi) is 9.18. The van der Waals surface area contributed by atoms with Crippen LogP contribution in [0.25, 0.3) is 0 Å². The molecule has 2 aromatic rings. The fourth-order valence-electron chi connectivity index (χ4n) is 3.59. The van der Waals surface area contributed by atoms with E-state index in [1.54, 1.807) is 0 Å². The number of rotatable bonds is 8. The molecule has 0 aliphatic heterocycles. The summed E-state index contributed by atoms with van der Waals surface area (Å²) >= 11 is 0. The van der Waals surface area contributed by atoms with Crippen molar-refractivity contribution in [2.45, 2.75) is 41.5 Å². The second kappa shape index (κ2) is 10.6. The summed E-state index contributed by atoms with van der Waals surface area (Å²) in [7, 11) is 0. The summed E-state index contributed by atoms with van der Waals surface area (Å²) in [5.74, 6) is 0. The van der Waals surface area contributed by atoms with Crippen LogP contribution in [0.5, 0.6) is 0 Å². The van der Waals surface area contributed by atoms with Crippen molar-refractivity contribution in [3.63, 3.8) is 0 Å². The van der Waals surface area contributed by atoms with Crippen LogP contribution >= 0.6 is 0 Å². The molecule has 4 heteroatoms. The molecular weight excluding hydrogens is 365 g/mol. The molecule has 0 fully saturated rings. The molecule has 0 amide bonds. The second-order valence-corrected chi connectivity index (χ2v) is 7.15. The van der Waals surface area contributed by atoms with Gasteiger partial charge < -0.3 is 16.0 Å². The van der Waals surface area contributed by atoms with Crippen LogP contribution in [-0.2, 0) is 16.5 Å². The zero-order valence-corrected chi connectivity index (χ0v) is 17.9. The number of benzene rings is 2. The standard InChI is InChI=1S/C22H33N3.Ni/c1-15-11-17(3)21(18(4)12-15)24-9-7-23-8-10-25-22-19(5)13-16(2)14-20(22)6;/h11-14,23-25H,7-10H2,1-6H3;. The van der Waals surface area contributed by atoms with E-state index in [0.717, 1.165) is 26.2 Å². The molecule has 26 heavy (non-hydrogen) atoms. The second-order valence-electron chi connectivity index (χ2n) is 7.15. The van der Waals surface area contributed by atoms with E-state index >= 15 is 0 Å². The summed E-state index contributed by atoms with van der Waals surface area (Å²) in [5, 5.41) is 10.6. The van der Waals surface area contributed by atoms with Crippen molar-refractivity contribution < 1.29 is 16.5 Å². The summed E-state index contributed by atoms with van der Waals surface area (Å²) in [4.78, 5) is 0. The molecule has 146 valence electrons. The molecule has 0 saturated heterocycles. The van der Waals surface area contributed by atoms with Crippen molar-refractivity contribution in [2.75, 3.05) is 36.8 Å². The molecule has 0 unspecified atom stereocenters. The maximum atomic E-state index is 3.56. The minimum absolute atomic E-state index is 0. The largest absolute Gasteiger partial charge is 0.383 e. The van der Waals surface area contributed by atoms with Crippen molar-refractivity contribution in [3.8, 4) is 0 Å². The van der Waals surface area contributed by atoms with Crippen molar-refractivity contribution in [2.24, 2.45) is 0 Å². The molecule has 0 radical (unpaired) electrons. The number of aryl methyl sites for hydroxylation is 6. The zero-order chi connectivity index (χ0) is 18.4. The molecule has 3 nitrogen and oxygen atoms in total. The molecule has 2 rings (SSSR count). The fourth-order valence-corrected chi connectivity index (χ4v) is 3.59. The Hall–Kier alpha value is -1.51. The van der Waals surface area contributed by atoms with Gasteiger partial charge in [0.1, 0.15) is 0 Å². The van der Waals surface area contributed by atoms with Crippen LogP contribution in [0.3, 0.4) is 0 Å². The van der Waals surface area contributed by atoms with E-state index in [0.29, 0.717) is 0 Å². The third-order valence-corrected chi connectivity index (χ3v) is 4.56. The SMILES string of the molecule is Cc1cc(C)c(NCCNCCNc2c(C)cc(C)cc2C)c(C)c1.[Ni]. The first kappa shape index (κ1) is 22.5. The average molecular weight is 398 g/mol. The summed E-state index contributed by atoms with van der Waals surface area (Å²) in [6.45, 7) is 16.8. The van der Waals surface area contributed by atoms with Gasteiger partial charge in [0.15, 0.2) is 0 Å². The van der Waals surface area contributed by atoms with Gasteiger partial charge in [-0.3, -0.25) is 0 Å². The van der Waals surface area contributed by atoms with E-state index in [1.165, 1.54) is 44.8 Å². The van der Waals surface area contributed by atoms with E-state index in [1.807, 2.05) is 0 Å². The normalized spacial score (nSPS) is 10.4. The van der Waals surface area contributed by atoms with E-state index < -0.39 is 0 Å². The van der Waals surface area contributed by atoms with Gasteiger partial charge in [0.05, 0.1) is 0 Å². The summed E-state index contributed by atoms with van der Waals surface area (Å²) in [6, 6.07) is 8.94. The summed E-state index contributed by atoms with van der Waals surface area (Å²) in [6.07, 6.45) is 0. The maximum absolute atomic E-state index is 3.56. The Bertz CT molecular complexity index is 618. The molecular formula is C22H33N3Ni. The number of hydrogen-bond donors (Lipinski definition) is 3. The van der Waals surface area contributed by atoms with Crippen LogP contribution in [0.2, 0.25) is 0 Å². The Balaban J connectivity index is 0.00000338. The first-order valence-electron chi connectivity index (χ1n) is 9.22. The molecule has 0 heterocycles. The van der Waals surface area contributed by atoms with Gasteiger partial charge in [0.2, 0.25) is 0 Å². The first-order chi connectivity index (χ1) is 11.9. The quantitative estimate of drug-likeness (QED) is 0.448. The van der Waals surface area contributed by atoms with Crippen LogP contribution in [0, 0.1) is 41.5 Å². The molecule has 0 atom stereocenters. The van der Waals surface area contributed by atoms with E-state index in [-0.39, 0.29) is 16.5 Å². The van der Waals surface area contributed by atoms with Gasteiger partial charge in [-0.15, -0.1) is 0 Å². The number of anilines is 2. The Morgan fingerprint density at radius 1 is 0.538 bits per heavy atom. The van der Waals surface area contributed by atoms with Gasteiger partial charge in [-0.1, -0.05) is 35.4 Å². The Morgan fingerprint density at radius 3 is 1.15 bits per heavy atom. The van der Waals surface area contributed by atoms with Gasteiger partial charge in [-0.05, 0) is 63.8 Å². The molecule has 3 N–H and O–H groups in total. The molecule has 2 aromatic carbocycles. The minimum atomic E-state index is 0. The van der Waals surface area contributed by atoms with Crippen LogP contribution in [0.4, 0.5) is 11.4 Å². The van der Waals surface area contributed by atoms with Crippen molar-refractivity contribution >= 4 is 11.4 Å². The number of nitrogens with one attached hydrogen (secondary N) is 3. The van der Waals surface area contributed by atoms with Crippen LogP contribution in [0.15, 0.2) is 24.3 Å². The van der Waals surface area contributed by atoms with Gasteiger partial charge in [-0.25, -0.2) is 0 Å². The van der Waals surface area contributed by atoms with Crippen LogP contribution in [-0.4, -0.2) is 26.2 Å². The van der Waals surface area contributed by atoms with Crippen molar-refractivity contribution in [1.29, 1.82) is 0 Å². The molecule has 0 bridgehead atoms. The Morgan fingerprint density at radius 2 is 0.846 bits per heavy atom. The van der Waals surface area contributed by atoms with E-state index in [2.05, 4.69) is 81.8 Å². The molecule has 0 aliphatic carbocycles. The topological polar surface area (TPSA) is 36.1 Å². The molecule has 0 spiro atoms. The zero-order valence-electron chi connectivity index (χ0n) is 17.0. The maximum Gasteiger partial charge on any atom is 0.0400 e. The Labute approximate surface area is 169 Å². The first-order valence-corrected chi connectivity index (χ1v) is 9.22. The monoisotopic (exact) mass is 397 g/mol. The predicted molar refractivity (Wildman–Crippen MR) is 111 cm³/mol. The van der Waals surface area contributed by atoms with E-state index in [9.17, 15) is 0 Å². The molecule has 0 aliphatic rings. The minimum Gasteiger partial charge on any atom is -0.383 e. The molecule has 0 saturated carbocycles. The predicted octanol–water partition coefficient (Wildman–Crippen LogP) is 4.65. The average Bonchev–Trinajstić information content (AvgIpc) is 2.50. The third kappa shape index (κ3) is 6.34. The van der Waals surface area contributed by atoms with Crippen LogP contribution < -0.4 is 16.0 Å². The van der Waals surface area contributed by atoms with Crippen molar-refractivity contribution in [3.05, 3.63) is 57.6 Å². The number of hydrogen-bond acceptors (Lipinski definition) is 3. The fraction of sp³-hybridized carbons (Fsp3) is 0.455. The van der Waals surface area contributed by atoms with E-state index in [4.69, 9.17) is 0 Å². The third-order valence-electron chi connectivity index (χ3n) is 4.56. The summed E-state index contributed by atoms with van der Waals surface area (Å²) < 4.78 is 0. The van der Waals surface area contributed by atoms with Gasteiger partial charge in [-0.2, -0.15) is 0 Å². The smallest absolute Gasteiger partial charge is 0.0400 e. The van der Waals surface area contributed by atoms with Gasteiger partial charge in [0.25, 0.3) is 0 Å². The van der Waals surface area contributed by atoms with Gasteiger partial charge in [0, 0.05) is 54.0 Å². The summed E-state index contributed by atoms with van der Waals surface area (Å²) in [5.41, 5.74) is 10.5.